The molecule has 1 atom stereocenters. The van der Waals surface area contributed by atoms with Crippen molar-refractivity contribution in [2.24, 2.45) is 5.41 Å². The van der Waals surface area contributed by atoms with E-state index in [1.165, 1.54) is 6.07 Å². The number of hydrogen-bond acceptors (Lipinski definition) is 4. The fraction of sp³-hybridized carbons (Fsp3) is 0.667. The van der Waals surface area contributed by atoms with Crippen LogP contribution in [-0.2, 0) is 27.4 Å². The highest BCUT2D eigenvalue weighted by molar-refractivity contribution is 7.93. The SMILES string of the molecule is O=C(NC1CC2(CCN(Cc3ccc(F)c(C(F)(F)F)c3)CC2)C1)[C@@H]1CCCS1(=O)=O. The first kappa shape index (κ1) is 22.5. The maximum Gasteiger partial charge on any atom is 0.419 e. The number of sulfone groups is 1. The van der Waals surface area contributed by atoms with E-state index >= 15 is 0 Å². The molecule has 1 saturated carbocycles. The number of hydrogen-bond donors (Lipinski definition) is 1. The number of nitrogens with one attached hydrogen (secondary N) is 1. The van der Waals surface area contributed by atoms with Gasteiger partial charge >= 0.3 is 6.18 Å². The number of piperidine rings is 1. The Labute approximate surface area is 179 Å². The quantitative estimate of drug-likeness (QED) is 0.698. The van der Waals surface area contributed by atoms with Gasteiger partial charge in [-0.25, -0.2) is 12.8 Å². The molecule has 1 amide bonds. The van der Waals surface area contributed by atoms with Crippen molar-refractivity contribution < 1.29 is 30.8 Å². The summed E-state index contributed by atoms with van der Waals surface area (Å²) in [5.74, 6) is -1.57. The maximum atomic E-state index is 13.5. The van der Waals surface area contributed by atoms with Gasteiger partial charge in [-0.3, -0.25) is 9.69 Å². The van der Waals surface area contributed by atoms with Crippen LogP contribution in [0.4, 0.5) is 17.6 Å². The predicted molar refractivity (Wildman–Crippen MR) is 106 cm³/mol. The van der Waals surface area contributed by atoms with E-state index < -0.39 is 32.6 Å². The molecule has 1 aliphatic carbocycles. The minimum absolute atomic E-state index is 0.0127. The molecule has 31 heavy (non-hydrogen) atoms. The molecule has 2 aliphatic heterocycles. The van der Waals surface area contributed by atoms with Gasteiger partial charge in [0.1, 0.15) is 11.1 Å². The molecule has 2 saturated heterocycles. The number of carbonyl (C=O) groups excluding carboxylic acids is 1. The van der Waals surface area contributed by atoms with Crippen molar-refractivity contribution in [1.29, 1.82) is 0 Å². The summed E-state index contributed by atoms with van der Waals surface area (Å²) < 4.78 is 76.0. The van der Waals surface area contributed by atoms with Gasteiger partial charge in [-0.2, -0.15) is 13.2 Å². The fourth-order valence-electron chi connectivity index (χ4n) is 5.21. The summed E-state index contributed by atoms with van der Waals surface area (Å²) in [4.78, 5) is 14.4. The van der Waals surface area contributed by atoms with Crippen LogP contribution in [0.1, 0.15) is 49.7 Å². The zero-order valence-electron chi connectivity index (χ0n) is 17.0. The van der Waals surface area contributed by atoms with Crippen molar-refractivity contribution in [2.45, 2.75) is 62.5 Å². The second kappa shape index (κ2) is 8.03. The molecule has 0 unspecified atom stereocenters. The van der Waals surface area contributed by atoms with Gasteiger partial charge in [0.05, 0.1) is 11.3 Å². The monoisotopic (exact) mass is 462 g/mol. The molecule has 5 nitrogen and oxygen atoms in total. The number of likely N-dealkylation sites (tertiary alicyclic amines) is 1. The number of halogens is 4. The standard InChI is InChI=1S/C21H26F4N2O3S/c22-17-4-3-14(10-16(17)21(23,24)25)13-27-7-5-20(6-8-27)11-15(12-20)26-19(28)18-2-1-9-31(18,29)30/h3-4,10,15,18H,1-2,5-9,11-13H2,(H,26,28)/t18-/m0/s1. The van der Waals surface area contributed by atoms with Crippen LogP contribution in [0.3, 0.4) is 0 Å². The minimum Gasteiger partial charge on any atom is -0.352 e. The van der Waals surface area contributed by atoms with E-state index in [4.69, 9.17) is 0 Å². The van der Waals surface area contributed by atoms with E-state index in [1.807, 2.05) is 0 Å². The third kappa shape index (κ3) is 4.74. The molecule has 0 bridgehead atoms. The molecule has 10 heteroatoms. The molecule has 172 valence electrons. The van der Waals surface area contributed by atoms with Gasteiger partial charge in [0, 0.05) is 12.6 Å². The molecular weight excluding hydrogens is 436 g/mol. The number of carbonyl (C=O) groups is 1. The second-order valence-corrected chi connectivity index (χ2v) is 11.5. The predicted octanol–water partition coefficient (Wildman–Crippen LogP) is 3.28. The summed E-state index contributed by atoms with van der Waals surface area (Å²) in [7, 11) is -3.31. The molecule has 1 N–H and O–H groups in total. The minimum atomic E-state index is -4.71. The highest BCUT2D eigenvalue weighted by Gasteiger charge is 2.47. The Hall–Kier alpha value is -1.68. The lowest BCUT2D eigenvalue weighted by atomic mass is 9.60. The molecule has 0 radical (unpaired) electrons. The number of nitrogens with zero attached hydrogens (tertiary/aromatic N) is 1. The molecule has 3 aliphatic rings. The molecular formula is C21H26F4N2O3S. The van der Waals surface area contributed by atoms with Crippen molar-refractivity contribution >= 4 is 15.7 Å². The zero-order chi connectivity index (χ0) is 22.4. The van der Waals surface area contributed by atoms with Gasteiger partial charge in [-0.1, -0.05) is 6.07 Å². The van der Waals surface area contributed by atoms with Crippen LogP contribution >= 0.6 is 0 Å². The summed E-state index contributed by atoms with van der Waals surface area (Å²) in [6.07, 6.45) is -0.454. The first-order chi connectivity index (χ1) is 14.5. The summed E-state index contributed by atoms with van der Waals surface area (Å²) >= 11 is 0. The normalized spacial score (nSPS) is 26.0. The van der Waals surface area contributed by atoms with Crippen molar-refractivity contribution in [3.8, 4) is 0 Å². The molecule has 3 fully saturated rings. The number of rotatable bonds is 4. The van der Waals surface area contributed by atoms with Crippen molar-refractivity contribution in [3.05, 3.63) is 35.1 Å². The third-order valence-corrected chi connectivity index (χ3v) is 9.16. The number of benzene rings is 1. The van der Waals surface area contributed by atoms with Crippen LogP contribution in [-0.4, -0.2) is 49.4 Å². The maximum absolute atomic E-state index is 13.5. The van der Waals surface area contributed by atoms with E-state index in [0.29, 0.717) is 24.9 Å². The lowest BCUT2D eigenvalue weighted by Gasteiger charge is -2.52. The zero-order valence-corrected chi connectivity index (χ0v) is 17.9. The van der Waals surface area contributed by atoms with Crippen LogP contribution in [0.5, 0.6) is 0 Å². The van der Waals surface area contributed by atoms with Gasteiger partial charge < -0.3 is 5.32 Å². The van der Waals surface area contributed by atoms with Crippen LogP contribution in [0.15, 0.2) is 18.2 Å². The number of amides is 1. The Morgan fingerprint density at radius 2 is 1.87 bits per heavy atom. The van der Waals surface area contributed by atoms with Gasteiger partial charge in [-0.05, 0) is 74.7 Å². The number of alkyl halides is 3. The highest BCUT2D eigenvalue weighted by Crippen LogP contribution is 2.49. The van der Waals surface area contributed by atoms with Crippen molar-refractivity contribution in [3.63, 3.8) is 0 Å². The molecule has 1 aromatic carbocycles. The summed E-state index contributed by atoms with van der Waals surface area (Å²) in [5, 5.41) is 1.97. The fourth-order valence-corrected chi connectivity index (χ4v) is 6.98. The van der Waals surface area contributed by atoms with Gasteiger partial charge in [0.15, 0.2) is 9.84 Å². The van der Waals surface area contributed by atoms with E-state index in [9.17, 15) is 30.8 Å². The van der Waals surface area contributed by atoms with Gasteiger partial charge in [0.25, 0.3) is 0 Å². The largest absolute Gasteiger partial charge is 0.419 e. The van der Waals surface area contributed by atoms with Gasteiger partial charge in [0.2, 0.25) is 5.91 Å². The smallest absolute Gasteiger partial charge is 0.352 e. The molecule has 1 aromatic rings. The Kier molecular flexibility index (Phi) is 5.83. The molecule has 4 rings (SSSR count). The second-order valence-electron chi connectivity index (χ2n) is 9.20. The summed E-state index contributed by atoms with van der Waals surface area (Å²) in [6.45, 7) is 1.77. The van der Waals surface area contributed by atoms with Crippen LogP contribution < -0.4 is 5.32 Å². The average Bonchev–Trinajstić information content (AvgIpc) is 3.02. The van der Waals surface area contributed by atoms with E-state index in [0.717, 1.165) is 50.9 Å². The molecule has 2 heterocycles. The van der Waals surface area contributed by atoms with Crippen LogP contribution in [0, 0.1) is 11.2 Å². The highest BCUT2D eigenvalue weighted by atomic mass is 32.2. The van der Waals surface area contributed by atoms with Crippen molar-refractivity contribution in [2.75, 3.05) is 18.8 Å². The van der Waals surface area contributed by atoms with Gasteiger partial charge in [-0.15, -0.1) is 0 Å². The van der Waals surface area contributed by atoms with Crippen molar-refractivity contribution in [1.82, 2.24) is 10.2 Å². The van der Waals surface area contributed by atoms with E-state index in [-0.39, 0.29) is 23.1 Å². The van der Waals surface area contributed by atoms with E-state index in [1.54, 1.807) is 0 Å². The molecule has 0 aromatic heterocycles. The molecule has 1 spiro atoms. The average molecular weight is 463 g/mol. The Bertz CT molecular complexity index is 948. The first-order valence-electron chi connectivity index (χ1n) is 10.6. The summed E-state index contributed by atoms with van der Waals surface area (Å²) in [5.41, 5.74) is -0.704. The lowest BCUT2D eigenvalue weighted by molar-refractivity contribution is -0.140. The van der Waals surface area contributed by atoms with E-state index in [2.05, 4.69) is 10.2 Å². The Balaban J connectivity index is 1.26. The first-order valence-corrected chi connectivity index (χ1v) is 12.3. The Morgan fingerprint density at radius 1 is 1.19 bits per heavy atom. The summed E-state index contributed by atoms with van der Waals surface area (Å²) in [6, 6.07) is 3.13. The van der Waals surface area contributed by atoms with Crippen LogP contribution in [0.2, 0.25) is 0 Å². The lowest BCUT2D eigenvalue weighted by Crippen LogP contribution is -2.56. The van der Waals surface area contributed by atoms with Crippen LogP contribution in [0.25, 0.3) is 0 Å². The Morgan fingerprint density at radius 3 is 2.45 bits per heavy atom. The third-order valence-electron chi connectivity index (χ3n) is 6.99. The topological polar surface area (TPSA) is 66.5 Å².